The van der Waals surface area contributed by atoms with E-state index in [0.717, 1.165) is 36.9 Å². The molecule has 0 amide bonds. The average molecular weight is 242 g/mol. The van der Waals surface area contributed by atoms with Crippen LogP contribution >= 0.6 is 11.5 Å². The molecule has 0 unspecified atom stereocenters. The van der Waals surface area contributed by atoms with Crippen LogP contribution in [0.4, 0.5) is 5.13 Å². The van der Waals surface area contributed by atoms with Gasteiger partial charge in [-0.1, -0.05) is 27.2 Å². The zero-order valence-electron chi connectivity index (χ0n) is 10.4. The molecule has 0 bridgehead atoms. The molecular formula is C11H22N4S. The maximum Gasteiger partial charge on any atom is 0.202 e. The van der Waals surface area contributed by atoms with E-state index in [1.807, 2.05) is 0 Å². The number of rotatable bonds is 6. The van der Waals surface area contributed by atoms with Crippen LogP contribution in [0.5, 0.6) is 0 Å². The van der Waals surface area contributed by atoms with E-state index >= 15 is 0 Å². The molecule has 1 heterocycles. The standard InChI is InChI=1S/C11H22N4S/c1-11(2,3)9-14-10(16-15-9)13-8-6-4-5-7-12/h4-8,12H2,1-3H3,(H,13,14,15). The second-order valence-electron chi connectivity index (χ2n) is 4.95. The highest BCUT2D eigenvalue weighted by molar-refractivity contribution is 7.09. The number of nitrogens with one attached hydrogen (secondary N) is 1. The maximum absolute atomic E-state index is 5.43. The zero-order valence-corrected chi connectivity index (χ0v) is 11.2. The third kappa shape index (κ3) is 4.45. The average Bonchev–Trinajstić information content (AvgIpc) is 2.65. The summed E-state index contributed by atoms with van der Waals surface area (Å²) in [6.45, 7) is 8.12. The first-order valence-corrected chi connectivity index (χ1v) is 6.59. The summed E-state index contributed by atoms with van der Waals surface area (Å²) in [7, 11) is 0. The monoisotopic (exact) mass is 242 g/mol. The lowest BCUT2D eigenvalue weighted by Crippen LogP contribution is -2.13. The van der Waals surface area contributed by atoms with Crippen LogP contribution in [0, 0.1) is 0 Å². The molecule has 5 heteroatoms. The molecule has 4 nitrogen and oxygen atoms in total. The van der Waals surface area contributed by atoms with Gasteiger partial charge in [-0.2, -0.15) is 4.37 Å². The predicted octanol–water partition coefficient (Wildman–Crippen LogP) is 2.38. The number of nitrogens with zero attached hydrogens (tertiary/aromatic N) is 2. The second kappa shape index (κ2) is 6.15. The Morgan fingerprint density at radius 1 is 1.25 bits per heavy atom. The fourth-order valence-corrected chi connectivity index (χ4v) is 2.02. The Kier molecular flexibility index (Phi) is 5.15. The van der Waals surface area contributed by atoms with E-state index in [1.54, 1.807) is 0 Å². The Bertz CT molecular complexity index is 303. The molecular weight excluding hydrogens is 220 g/mol. The fourth-order valence-electron chi connectivity index (χ4n) is 1.24. The van der Waals surface area contributed by atoms with E-state index in [0.29, 0.717) is 0 Å². The summed E-state index contributed by atoms with van der Waals surface area (Å²) in [4.78, 5) is 4.47. The molecule has 92 valence electrons. The molecule has 0 aliphatic carbocycles. The van der Waals surface area contributed by atoms with Crippen molar-refractivity contribution >= 4 is 16.7 Å². The van der Waals surface area contributed by atoms with Gasteiger partial charge in [-0.05, 0) is 19.4 Å². The molecule has 1 aromatic heterocycles. The zero-order chi connectivity index (χ0) is 12.0. The summed E-state index contributed by atoms with van der Waals surface area (Å²) in [6, 6.07) is 0. The lowest BCUT2D eigenvalue weighted by atomic mass is 9.96. The lowest BCUT2D eigenvalue weighted by molar-refractivity contribution is 0.555. The van der Waals surface area contributed by atoms with Crippen molar-refractivity contribution in [3.63, 3.8) is 0 Å². The third-order valence-electron chi connectivity index (χ3n) is 2.25. The molecule has 0 aromatic carbocycles. The van der Waals surface area contributed by atoms with Crippen molar-refractivity contribution in [2.24, 2.45) is 5.73 Å². The second-order valence-corrected chi connectivity index (χ2v) is 5.70. The molecule has 0 atom stereocenters. The smallest absolute Gasteiger partial charge is 0.202 e. The SMILES string of the molecule is CC(C)(C)c1nsc(NCCCCCN)n1. The highest BCUT2D eigenvalue weighted by Gasteiger charge is 2.19. The van der Waals surface area contributed by atoms with E-state index in [2.05, 4.69) is 35.4 Å². The van der Waals surface area contributed by atoms with E-state index in [9.17, 15) is 0 Å². The van der Waals surface area contributed by atoms with Gasteiger partial charge in [-0.25, -0.2) is 4.98 Å². The Morgan fingerprint density at radius 2 is 2.00 bits per heavy atom. The van der Waals surface area contributed by atoms with E-state index in [-0.39, 0.29) is 5.41 Å². The van der Waals surface area contributed by atoms with Crippen LogP contribution in [0.25, 0.3) is 0 Å². The predicted molar refractivity (Wildman–Crippen MR) is 70.0 cm³/mol. The summed E-state index contributed by atoms with van der Waals surface area (Å²) >= 11 is 1.44. The molecule has 3 N–H and O–H groups in total. The van der Waals surface area contributed by atoms with Crippen LogP contribution < -0.4 is 11.1 Å². The molecule has 0 fully saturated rings. The lowest BCUT2D eigenvalue weighted by Gasteiger charge is -2.12. The Labute approximate surface area is 102 Å². The number of aromatic nitrogens is 2. The van der Waals surface area contributed by atoms with Gasteiger partial charge in [0.05, 0.1) is 0 Å². The molecule has 0 aliphatic heterocycles. The van der Waals surface area contributed by atoms with Crippen molar-refractivity contribution in [3.05, 3.63) is 5.82 Å². The van der Waals surface area contributed by atoms with Crippen molar-refractivity contribution in [2.75, 3.05) is 18.4 Å². The van der Waals surface area contributed by atoms with Gasteiger partial charge in [0.25, 0.3) is 0 Å². The van der Waals surface area contributed by atoms with Crippen molar-refractivity contribution in [2.45, 2.75) is 45.4 Å². The fraction of sp³-hybridized carbons (Fsp3) is 0.818. The van der Waals surface area contributed by atoms with Crippen LogP contribution in [0.3, 0.4) is 0 Å². The van der Waals surface area contributed by atoms with E-state index in [1.165, 1.54) is 18.0 Å². The Balaban J connectivity index is 2.30. The Hall–Kier alpha value is -0.680. The number of nitrogens with two attached hydrogens (primary N) is 1. The Morgan fingerprint density at radius 3 is 2.56 bits per heavy atom. The molecule has 16 heavy (non-hydrogen) atoms. The minimum Gasteiger partial charge on any atom is -0.360 e. The molecule has 0 spiro atoms. The summed E-state index contributed by atoms with van der Waals surface area (Å²) in [5, 5.41) is 4.23. The summed E-state index contributed by atoms with van der Waals surface area (Å²) < 4.78 is 4.35. The van der Waals surface area contributed by atoms with Crippen LogP contribution in [0.1, 0.15) is 45.9 Å². The number of hydrogen-bond acceptors (Lipinski definition) is 5. The van der Waals surface area contributed by atoms with Crippen molar-refractivity contribution in [1.82, 2.24) is 9.36 Å². The number of anilines is 1. The van der Waals surface area contributed by atoms with E-state index in [4.69, 9.17) is 5.73 Å². The molecule has 0 saturated carbocycles. The van der Waals surface area contributed by atoms with Gasteiger partial charge in [0.15, 0.2) is 0 Å². The largest absolute Gasteiger partial charge is 0.360 e. The topological polar surface area (TPSA) is 63.8 Å². The van der Waals surface area contributed by atoms with Gasteiger partial charge in [-0.3, -0.25) is 0 Å². The summed E-state index contributed by atoms with van der Waals surface area (Å²) in [6.07, 6.45) is 3.42. The van der Waals surface area contributed by atoms with Crippen molar-refractivity contribution in [3.8, 4) is 0 Å². The highest BCUT2D eigenvalue weighted by atomic mass is 32.1. The molecule has 0 radical (unpaired) electrons. The molecule has 1 rings (SSSR count). The first-order valence-electron chi connectivity index (χ1n) is 5.82. The van der Waals surface area contributed by atoms with Crippen LogP contribution in [0.15, 0.2) is 0 Å². The normalized spacial score (nSPS) is 11.8. The molecule has 0 saturated heterocycles. The first-order chi connectivity index (χ1) is 7.54. The van der Waals surface area contributed by atoms with Crippen LogP contribution in [-0.4, -0.2) is 22.4 Å². The van der Waals surface area contributed by atoms with Gasteiger partial charge in [0.2, 0.25) is 5.13 Å². The maximum atomic E-state index is 5.43. The highest BCUT2D eigenvalue weighted by Crippen LogP contribution is 2.22. The van der Waals surface area contributed by atoms with Gasteiger partial charge >= 0.3 is 0 Å². The molecule has 1 aromatic rings. The number of unbranched alkanes of at least 4 members (excludes halogenated alkanes) is 2. The quantitative estimate of drug-likeness (QED) is 0.752. The van der Waals surface area contributed by atoms with E-state index < -0.39 is 0 Å². The minimum absolute atomic E-state index is 0.0377. The van der Waals surface area contributed by atoms with Gasteiger partial charge < -0.3 is 11.1 Å². The van der Waals surface area contributed by atoms with Crippen LogP contribution in [-0.2, 0) is 5.41 Å². The minimum atomic E-state index is 0.0377. The third-order valence-corrected chi connectivity index (χ3v) is 2.93. The van der Waals surface area contributed by atoms with Gasteiger partial charge in [0, 0.05) is 23.5 Å². The summed E-state index contributed by atoms with van der Waals surface area (Å²) in [5.74, 6) is 0.918. The number of hydrogen-bond donors (Lipinski definition) is 2. The molecule has 0 aliphatic rings. The van der Waals surface area contributed by atoms with Crippen LogP contribution in [0.2, 0.25) is 0 Å². The van der Waals surface area contributed by atoms with Crippen molar-refractivity contribution in [1.29, 1.82) is 0 Å². The van der Waals surface area contributed by atoms with Gasteiger partial charge in [0.1, 0.15) is 5.82 Å². The first kappa shape index (κ1) is 13.4. The van der Waals surface area contributed by atoms with Crippen molar-refractivity contribution < 1.29 is 0 Å². The summed E-state index contributed by atoms with van der Waals surface area (Å²) in [5.41, 5.74) is 5.47. The van der Waals surface area contributed by atoms with Gasteiger partial charge in [-0.15, -0.1) is 0 Å².